The molecule has 0 amide bonds. The first-order valence-corrected chi connectivity index (χ1v) is 14.2. The Morgan fingerprint density at radius 2 is 1.53 bits per heavy atom. The summed E-state index contributed by atoms with van der Waals surface area (Å²) < 4.78 is 51.7. The molecular formula is C27H32F3N3O4Si. The lowest BCUT2D eigenvalue weighted by Crippen LogP contribution is -2.68. The summed E-state index contributed by atoms with van der Waals surface area (Å²) in [6.07, 6.45) is -7.22. The van der Waals surface area contributed by atoms with Crippen LogP contribution in [0, 0.1) is 0 Å². The van der Waals surface area contributed by atoms with Crippen LogP contribution in [0.2, 0.25) is 5.04 Å². The number of alkyl halides is 3. The number of aliphatic hydroxyl groups excluding tert-OH is 2. The summed E-state index contributed by atoms with van der Waals surface area (Å²) in [5, 5.41) is 26.2. The van der Waals surface area contributed by atoms with E-state index < -0.39 is 44.5 Å². The Balaban J connectivity index is 1.53. The number of hydrogen-bond donors (Lipinski definition) is 3. The summed E-state index contributed by atoms with van der Waals surface area (Å²) in [6, 6.07) is 19.8. The van der Waals surface area contributed by atoms with Gasteiger partial charge in [-0.25, -0.2) is 9.97 Å². The SMILES string of the molecule is CC(C)(C)[Si](OCC1OCC(Nc2nccc(C(F)(F)F)n2)C(O)C1O)(c1ccccc1)c1ccccc1. The van der Waals surface area contributed by atoms with Gasteiger partial charge in [-0.1, -0.05) is 81.4 Å². The molecule has 1 aliphatic heterocycles. The van der Waals surface area contributed by atoms with E-state index in [0.717, 1.165) is 22.6 Å². The van der Waals surface area contributed by atoms with Gasteiger partial charge in [0, 0.05) is 6.20 Å². The average Bonchev–Trinajstić information content (AvgIpc) is 2.88. The zero-order valence-corrected chi connectivity index (χ0v) is 22.4. The molecule has 0 spiro atoms. The van der Waals surface area contributed by atoms with Crippen molar-refractivity contribution >= 4 is 24.6 Å². The van der Waals surface area contributed by atoms with Crippen LogP contribution in [0.5, 0.6) is 0 Å². The molecule has 4 rings (SSSR count). The Morgan fingerprint density at radius 3 is 2.05 bits per heavy atom. The summed E-state index contributed by atoms with van der Waals surface area (Å²) in [6.45, 7) is 6.30. The monoisotopic (exact) mass is 547 g/mol. The number of anilines is 1. The lowest BCUT2D eigenvalue weighted by Gasteiger charge is -2.45. The van der Waals surface area contributed by atoms with Crippen molar-refractivity contribution in [1.29, 1.82) is 0 Å². The molecule has 0 radical (unpaired) electrons. The van der Waals surface area contributed by atoms with Crippen LogP contribution in [0.15, 0.2) is 72.9 Å². The molecule has 1 fully saturated rings. The van der Waals surface area contributed by atoms with E-state index in [2.05, 4.69) is 36.1 Å². The number of hydrogen-bond acceptors (Lipinski definition) is 7. The molecule has 1 aromatic heterocycles. The first kappa shape index (κ1) is 28.2. The number of benzene rings is 2. The second kappa shape index (κ2) is 11.1. The molecule has 3 N–H and O–H groups in total. The van der Waals surface area contributed by atoms with Crippen molar-refractivity contribution < 1.29 is 32.5 Å². The second-order valence-electron chi connectivity index (χ2n) is 10.3. The minimum absolute atomic E-state index is 0.0122. The van der Waals surface area contributed by atoms with Gasteiger partial charge in [0.15, 0.2) is 0 Å². The highest BCUT2D eigenvalue weighted by Crippen LogP contribution is 2.37. The summed E-state index contributed by atoms with van der Waals surface area (Å²) in [5.41, 5.74) is -1.11. The summed E-state index contributed by atoms with van der Waals surface area (Å²) in [4.78, 5) is 7.26. The van der Waals surface area contributed by atoms with Crippen LogP contribution in [-0.2, 0) is 15.3 Å². The molecule has 0 saturated carbocycles. The zero-order chi connectivity index (χ0) is 27.6. The van der Waals surface area contributed by atoms with Crippen LogP contribution in [0.25, 0.3) is 0 Å². The third-order valence-electron chi connectivity index (χ3n) is 6.77. The lowest BCUT2D eigenvalue weighted by molar-refractivity contribution is -0.151. The maximum atomic E-state index is 13.0. The van der Waals surface area contributed by atoms with E-state index in [4.69, 9.17) is 9.16 Å². The molecule has 204 valence electrons. The maximum absolute atomic E-state index is 13.0. The second-order valence-corrected chi connectivity index (χ2v) is 14.6. The van der Waals surface area contributed by atoms with Crippen molar-refractivity contribution in [1.82, 2.24) is 9.97 Å². The highest BCUT2D eigenvalue weighted by molar-refractivity contribution is 6.99. The van der Waals surface area contributed by atoms with Crippen molar-refractivity contribution in [3.63, 3.8) is 0 Å². The van der Waals surface area contributed by atoms with Crippen LogP contribution in [0.1, 0.15) is 26.5 Å². The Kier molecular flexibility index (Phi) is 8.24. The van der Waals surface area contributed by atoms with E-state index in [1.165, 1.54) is 0 Å². The van der Waals surface area contributed by atoms with Gasteiger partial charge in [-0.05, 0) is 21.5 Å². The van der Waals surface area contributed by atoms with E-state index >= 15 is 0 Å². The van der Waals surface area contributed by atoms with Gasteiger partial charge in [-0.2, -0.15) is 13.2 Å². The van der Waals surface area contributed by atoms with Crippen molar-refractivity contribution in [2.75, 3.05) is 18.5 Å². The van der Waals surface area contributed by atoms with Crippen molar-refractivity contribution in [3.8, 4) is 0 Å². The molecule has 2 aromatic carbocycles. The number of ether oxygens (including phenoxy) is 1. The van der Waals surface area contributed by atoms with Gasteiger partial charge in [0.25, 0.3) is 8.32 Å². The molecule has 1 saturated heterocycles. The molecule has 2 heterocycles. The third-order valence-corrected chi connectivity index (χ3v) is 11.8. The molecule has 4 unspecified atom stereocenters. The predicted molar refractivity (Wildman–Crippen MR) is 140 cm³/mol. The summed E-state index contributed by atoms with van der Waals surface area (Å²) in [5.74, 6) is -0.318. The van der Waals surface area contributed by atoms with Gasteiger partial charge >= 0.3 is 6.18 Å². The van der Waals surface area contributed by atoms with Crippen molar-refractivity contribution in [3.05, 3.63) is 78.6 Å². The molecule has 0 aliphatic carbocycles. The van der Waals surface area contributed by atoms with E-state index in [1.807, 2.05) is 60.7 Å². The lowest BCUT2D eigenvalue weighted by atomic mass is 9.98. The summed E-state index contributed by atoms with van der Waals surface area (Å²) >= 11 is 0. The molecule has 4 atom stereocenters. The van der Waals surface area contributed by atoms with Gasteiger partial charge in [0.1, 0.15) is 24.0 Å². The van der Waals surface area contributed by atoms with Gasteiger partial charge < -0.3 is 24.7 Å². The van der Waals surface area contributed by atoms with Crippen LogP contribution in [-0.4, -0.2) is 66.1 Å². The topological polar surface area (TPSA) is 96.7 Å². The highest BCUT2D eigenvalue weighted by atomic mass is 28.4. The van der Waals surface area contributed by atoms with Crippen LogP contribution in [0.4, 0.5) is 19.1 Å². The standard InChI is InChI=1S/C27H32F3N3O4Si/c1-26(2,3)38(18-10-6-4-7-11-18,19-12-8-5-9-13-19)37-17-21-24(35)23(34)20(16-36-21)32-25-31-15-14-22(33-25)27(28,29)30/h4-15,20-21,23-24,34-35H,16-17H2,1-3H3,(H,31,32,33). The van der Waals surface area contributed by atoms with Gasteiger partial charge in [-0.15, -0.1) is 0 Å². The Morgan fingerprint density at radius 1 is 0.947 bits per heavy atom. The Hall–Kier alpha value is -2.83. The molecule has 3 aromatic rings. The Labute approximate surface area is 220 Å². The van der Waals surface area contributed by atoms with Crippen LogP contribution < -0.4 is 15.7 Å². The minimum atomic E-state index is -4.63. The highest BCUT2D eigenvalue weighted by Gasteiger charge is 2.51. The van der Waals surface area contributed by atoms with E-state index in [9.17, 15) is 23.4 Å². The minimum Gasteiger partial charge on any atom is -0.405 e. The fourth-order valence-electron chi connectivity index (χ4n) is 4.88. The van der Waals surface area contributed by atoms with Gasteiger partial charge in [0.2, 0.25) is 5.95 Å². The van der Waals surface area contributed by atoms with Crippen LogP contribution in [0.3, 0.4) is 0 Å². The third kappa shape index (κ3) is 5.76. The normalized spacial score (nSPS) is 22.7. The molecule has 11 heteroatoms. The van der Waals surface area contributed by atoms with Crippen molar-refractivity contribution in [2.24, 2.45) is 0 Å². The molecule has 1 aliphatic rings. The number of nitrogens with zero attached hydrogens (tertiary/aromatic N) is 2. The number of nitrogens with one attached hydrogen (secondary N) is 1. The maximum Gasteiger partial charge on any atom is 0.433 e. The zero-order valence-electron chi connectivity index (χ0n) is 21.4. The quantitative estimate of drug-likeness (QED) is 0.392. The van der Waals surface area contributed by atoms with E-state index in [1.54, 1.807) is 0 Å². The van der Waals surface area contributed by atoms with Gasteiger partial charge in [0.05, 0.1) is 19.3 Å². The average molecular weight is 548 g/mol. The first-order chi connectivity index (χ1) is 17.9. The van der Waals surface area contributed by atoms with Crippen molar-refractivity contribution in [2.45, 2.75) is 56.3 Å². The van der Waals surface area contributed by atoms with E-state index in [0.29, 0.717) is 0 Å². The van der Waals surface area contributed by atoms with Crippen LogP contribution >= 0.6 is 0 Å². The fraction of sp³-hybridized carbons (Fsp3) is 0.407. The number of halogens is 3. The number of rotatable bonds is 7. The molecule has 7 nitrogen and oxygen atoms in total. The first-order valence-electron chi connectivity index (χ1n) is 12.3. The Bertz CT molecular complexity index is 1160. The summed E-state index contributed by atoms with van der Waals surface area (Å²) in [7, 11) is -2.90. The van der Waals surface area contributed by atoms with Gasteiger partial charge in [-0.3, -0.25) is 0 Å². The molecule has 38 heavy (non-hydrogen) atoms. The predicted octanol–water partition coefficient (Wildman–Crippen LogP) is 2.97. The largest absolute Gasteiger partial charge is 0.433 e. The number of aromatic nitrogens is 2. The molecule has 0 bridgehead atoms. The van der Waals surface area contributed by atoms with E-state index in [-0.39, 0.29) is 24.2 Å². The smallest absolute Gasteiger partial charge is 0.405 e. The fourth-order valence-corrected chi connectivity index (χ4v) is 9.45. The molecular weight excluding hydrogens is 515 g/mol. The number of aliphatic hydroxyl groups is 2.